The number of anilines is 1. The summed E-state index contributed by atoms with van der Waals surface area (Å²) < 4.78 is 6.50. The lowest BCUT2D eigenvalue weighted by atomic mass is 10.1. The molecule has 4 aromatic rings. The molecule has 4 aromatic carbocycles. The molecule has 1 amide bonds. The Morgan fingerprint density at radius 1 is 0.912 bits per heavy atom. The molecular formula is C27H17Cl2NO2S2. The smallest absolute Gasteiger partial charge is 0.270 e. The van der Waals surface area contributed by atoms with Crippen LogP contribution in [0, 0.1) is 0 Å². The number of rotatable bonds is 5. The number of fused-ring (bicyclic) bond motifs is 1. The number of carbonyl (C=O) groups is 1. The molecule has 3 nitrogen and oxygen atoms in total. The molecule has 0 spiro atoms. The first kappa shape index (κ1) is 22.9. The fraction of sp³-hybridized carbons (Fsp3) is 0.0370. The summed E-state index contributed by atoms with van der Waals surface area (Å²) in [6.45, 7) is 0.329. The third kappa shape index (κ3) is 4.57. The number of hydrogen-bond donors (Lipinski definition) is 0. The number of amides is 1. The summed E-state index contributed by atoms with van der Waals surface area (Å²) in [4.78, 5) is 15.0. The number of thiocarbonyl (C=S) groups is 1. The molecular weight excluding hydrogens is 505 g/mol. The average molecular weight is 522 g/mol. The van der Waals surface area contributed by atoms with E-state index in [4.69, 9.17) is 40.2 Å². The van der Waals surface area contributed by atoms with Crippen LogP contribution in [0.2, 0.25) is 10.0 Å². The van der Waals surface area contributed by atoms with Crippen LogP contribution < -0.4 is 9.64 Å². The van der Waals surface area contributed by atoms with Crippen LogP contribution in [0.4, 0.5) is 5.69 Å². The van der Waals surface area contributed by atoms with Gasteiger partial charge in [-0.25, -0.2) is 0 Å². The Bertz CT molecular complexity index is 1430. The van der Waals surface area contributed by atoms with Crippen molar-refractivity contribution in [1.29, 1.82) is 0 Å². The Morgan fingerprint density at radius 2 is 1.59 bits per heavy atom. The van der Waals surface area contributed by atoms with E-state index in [0.29, 0.717) is 37.2 Å². The minimum Gasteiger partial charge on any atom is -0.486 e. The molecule has 0 radical (unpaired) electrons. The molecule has 0 bridgehead atoms. The first-order chi connectivity index (χ1) is 16.5. The summed E-state index contributed by atoms with van der Waals surface area (Å²) in [5, 5.41) is 3.01. The Morgan fingerprint density at radius 3 is 2.35 bits per heavy atom. The van der Waals surface area contributed by atoms with Gasteiger partial charge in [0, 0.05) is 0 Å². The normalized spacial score (nSPS) is 14.9. The van der Waals surface area contributed by atoms with Crippen LogP contribution >= 0.6 is 47.2 Å². The Hall–Kier alpha value is -2.83. The van der Waals surface area contributed by atoms with Gasteiger partial charge in [0.1, 0.15) is 6.61 Å². The molecule has 0 N–H and O–H groups in total. The average Bonchev–Trinajstić information content (AvgIpc) is 3.11. The lowest BCUT2D eigenvalue weighted by Gasteiger charge is -2.14. The summed E-state index contributed by atoms with van der Waals surface area (Å²) in [6, 6.07) is 27.0. The molecule has 34 heavy (non-hydrogen) atoms. The molecule has 7 heteroatoms. The van der Waals surface area contributed by atoms with E-state index in [9.17, 15) is 4.79 Å². The monoisotopic (exact) mass is 521 g/mol. The van der Waals surface area contributed by atoms with E-state index in [-0.39, 0.29) is 5.91 Å². The van der Waals surface area contributed by atoms with Crippen LogP contribution in [0.15, 0.2) is 89.8 Å². The number of nitrogens with zero attached hydrogens (tertiary/aromatic N) is 1. The van der Waals surface area contributed by atoms with E-state index in [1.165, 1.54) is 16.7 Å². The zero-order valence-electron chi connectivity index (χ0n) is 17.7. The summed E-state index contributed by atoms with van der Waals surface area (Å²) in [7, 11) is 0. The second kappa shape index (κ2) is 9.80. The van der Waals surface area contributed by atoms with Crippen molar-refractivity contribution >= 4 is 79.9 Å². The largest absolute Gasteiger partial charge is 0.486 e. The Kier molecular flexibility index (Phi) is 6.61. The molecule has 1 saturated heterocycles. The van der Waals surface area contributed by atoms with Gasteiger partial charge in [-0.05, 0) is 52.2 Å². The van der Waals surface area contributed by atoms with Gasteiger partial charge in [-0.3, -0.25) is 9.69 Å². The van der Waals surface area contributed by atoms with Crippen molar-refractivity contribution < 1.29 is 9.53 Å². The first-order valence-corrected chi connectivity index (χ1v) is 12.4. The minimum absolute atomic E-state index is 0.176. The van der Waals surface area contributed by atoms with Gasteiger partial charge >= 0.3 is 0 Å². The van der Waals surface area contributed by atoms with Gasteiger partial charge in [-0.15, -0.1) is 0 Å². The minimum atomic E-state index is -0.176. The molecule has 1 aliphatic rings. The third-order valence-electron chi connectivity index (χ3n) is 5.38. The van der Waals surface area contributed by atoms with Crippen molar-refractivity contribution in [3.63, 3.8) is 0 Å². The van der Waals surface area contributed by atoms with Crippen LogP contribution in [-0.4, -0.2) is 10.2 Å². The molecule has 0 atom stereocenters. The number of ether oxygens (including phenoxy) is 1. The van der Waals surface area contributed by atoms with E-state index in [1.807, 2.05) is 54.6 Å². The van der Waals surface area contributed by atoms with Crippen LogP contribution in [0.25, 0.3) is 16.8 Å². The highest BCUT2D eigenvalue weighted by atomic mass is 35.5. The van der Waals surface area contributed by atoms with Gasteiger partial charge in [0.05, 0.1) is 20.6 Å². The predicted molar refractivity (Wildman–Crippen MR) is 147 cm³/mol. The molecule has 168 valence electrons. The zero-order chi connectivity index (χ0) is 23.7. The first-order valence-electron chi connectivity index (χ1n) is 10.4. The number of benzene rings is 4. The number of thioether (sulfide) groups is 1. The molecule has 5 rings (SSSR count). The summed E-state index contributed by atoms with van der Waals surface area (Å²) in [6.07, 6.45) is 1.74. The maximum atomic E-state index is 13.0. The summed E-state index contributed by atoms with van der Waals surface area (Å²) in [5.41, 5.74) is 2.47. The topological polar surface area (TPSA) is 29.5 Å². The van der Waals surface area contributed by atoms with E-state index in [1.54, 1.807) is 18.2 Å². The van der Waals surface area contributed by atoms with Crippen LogP contribution in [-0.2, 0) is 11.4 Å². The maximum absolute atomic E-state index is 13.0. The van der Waals surface area contributed by atoms with Gasteiger partial charge in [0.25, 0.3) is 5.91 Å². The number of halogens is 2. The molecule has 0 unspecified atom stereocenters. The SMILES string of the molecule is O=C1/C(=C\c2cc(Cl)c(OCc3cccc4ccccc34)c(Cl)c2)SC(=S)N1c1ccccc1. The standard InChI is InChI=1S/C27H17Cl2NO2S2/c28-22-13-17(15-24-26(31)30(27(33)34-24)20-10-2-1-3-11-20)14-23(29)25(22)32-16-19-9-6-8-18-7-4-5-12-21(18)19/h1-15H,16H2/b24-15+. The van der Waals surface area contributed by atoms with E-state index in [0.717, 1.165) is 22.0 Å². The highest BCUT2D eigenvalue weighted by molar-refractivity contribution is 8.27. The van der Waals surface area contributed by atoms with Crippen LogP contribution in [0.5, 0.6) is 5.75 Å². The third-order valence-corrected chi connectivity index (χ3v) is 7.24. The van der Waals surface area contributed by atoms with E-state index in [2.05, 4.69) is 18.2 Å². The Balaban J connectivity index is 1.38. The number of hydrogen-bond acceptors (Lipinski definition) is 4. The summed E-state index contributed by atoms with van der Waals surface area (Å²) >= 11 is 19.7. The second-order valence-electron chi connectivity index (χ2n) is 7.59. The van der Waals surface area contributed by atoms with Crippen molar-refractivity contribution in [2.45, 2.75) is 6.61 Å². The summed E-state index contributed by atoms with van der Waals surface area (Å²) in [5.74, 6) is 0.231. The van der Waals surface area contributed by atoms with Gasteiger partial charge in [-0.1, -0.05) is 108 Å². The van der Waals surface area contributed by atoms with Gasteiger partial charge in [-0.2, -0.15) is 0 Å². The highest BCUT2D eigenvalue weighted by Gasteiger charge is 2.33. The van der Waals surface area contributed by atoms with Crippen molar-refractivity contribution in [3.05, 3.63) is 111 Å². The van der Waals surface area contributed by atoms with Crippen molar-refractivity contribution in [2.75, 3.05) is 4.90 Å². The van der Waals surface area contributed by atoms with Crippen molar-refractivity contribution in [1.82, 2.24) is 0 Å². The molecule has 0 aliphatic carbocycles. The lowest BCUT2D eigenvalue weighted by molar-refractivity contribution is -0.113. The zero-order valence-corrected chi connectivity index (χ0v) is 20.8. The number of carbonyl (C=O) groups excluding carboxylic acids is 1. The van der Waals surface area contributed by atoms with Crippen molar-refractivity contribution in [3.8, 4) is 5.75 Å². The van der Waals surface area contributed by atoms with E-state index >= 15 is 0 Å². The molecule has 0 aromatic heterocycles. The van der Waals surface area contributed by atoms with Crippen LogP contribution in [0.1, 0.15) is 11.1 Å². The molecule has 1 heterocycles. The lowest BCUT2D eigenvalue weighted by Crippen LogP contribution is -2.27. The molecule has 1 aliphatic heterocycles. The molecule has 0 saturated carbocycles. The number of para-hydroxylation sites is 1. The van der Waals surface area contributed by atoms with E-state index < -0.39 is 0 Å². The second-order valence-corrected chi connectivity index (χ2v) is 10.1. The quantitative estimate of drug-likeness (QED) is 0.196. The maximum Gasteiger partial charge on any atom is 0.270 e. The van der Waals surface area contributed by atoms with Crippen molar-refractivity contribution in [2.24, 2.45) is 0 Å². The van der Waals surface area contributed by atoms with Gasteiger partial charge < -0.3 is 4.74 Å². The highest BCUT2D eigenvalue weighted by Crippen LogP contribution is 2.39. The fourth-order valence-corrected chi connectivity index (χ4v) is 5.70. The Labute approximate surface area is 216 Å². The molecule has 1 fully saturated rings. The fourth-order valence-electron chi connectivity index (χ4n) is 3.79. The van der Waals surface area contributed by atoms with Gasteiger partial charge in [0.15, 0.2) is 10.1 Å². The van der Waals surface area contributed by atoms with Crippen LogP contribution in [0.3, 0.4) is 0 Å². The predicted octanol–water partition coefficient (Wildman–Crippen LogP) is 8.13. The van der Waals surface area contributed by atoms with Gasteiger partial charge in [0.2, 0.25) is 0 Å².